The Bertz CT molecular complexity index is 323. The highest BCUT2D eigenvalue weighted by Gasteiger charge is 1.97. The number of benzene rings is 1. The number of hydrogen-bond acceptors (Lipinski definition) is 0. The van der Waals surface area contributed by atoms with E-state index >= 15 is 0 Å². The highest BCUT2D eigenvalue weighted by atomic mass is 14.0. The molecule has 13 heavy (non-hydrogen) atoms. The van der Waals surface area contributed by atoms with Crippen LogP contribution in [0.5, 0.6) is 0 Å². The molecule has 0 radical (unpaired) electrons. The molecule has 0 aromatic heterocycles. The summed E-state index contributed by atoms with van der Waals surface area (Å²) in [6.45, 7) is 6.34. The average Bonchev–Trinajstić information content (AvgIpc) is 2.04. The molecule has 0 aliphatic heterocycles. The van der Waals surface area contributed by atoms with Crippen LogP contribution in [0.1, 0.15) is 31.9 Å². The lowest BCUT2D eigenvalue weighted by Gasteiger charge is -2.04. The fourth-order valence-electron chi connectivity index (χ4n) is 1.39. The van der Waals surface area contributed by atoms with Crippen molar-refractivity contribution in [2.45, 2.75) is 27.2 Å². The van der Waals surface area contributed by atoms with Crippen LogP contribution in [0.2, 0.25) is 0 Å². The van der Waals surface area contributed by atoms with E-state index in [4.69, 9.17) is 0 Å². The maximum absolute atomic E-state index is 3.07. The third-order valence-corrected chi connectivity index (χ3v) is 1.84. The molecule has 68 valence electrons. The van der Waals surface area contributed by atoms with Crippen LogP contribution in [0, 0.1) is 17.8 Å². The van der Waals surface area contributed by atoms with Gasteiger partial charge in [-0.1, -0.05) is 31.9 Å². The fourth-order valence-corrected chi connectivity index (χ4v) is 1.39. The van der Waals surface area contributed by atoms with Gasteiger partial charge in [0.05, 0.1) is 0 Å². The van der Waals surface area contributed by atoms with Crippen LogP contribution >= 0.6 is 0 Å². The topological polar surface area (TPSA) is 0 Å². The lowest BCUT2D eigenvalue weighted by molar-refractivity contribution is 0.647. The first-order valence-corrected chi connectivity index (χ1v) is 4.74. The van der Waals surface area contributed by atoms with E-state index in [2.05, 4.69) is 50.0 Å². The van der Waals surface area contributed by atoms with Gasteiger partial charge in [-0.15, -0.1) is 5.92 Å². The number of hydrogen-bond donors (Lipinski definition) is 0. The Balaban J connectivity index is 2.83. The van der Waals surface area contributed by atoms with E-state index in [1.807, 2.05) is 6.92 Å². The van der Waals surface area contributed by atoms with Crippen molar-refractivity contribution in [2.24, 2.45) is 5.92 Å². The lowest BCUT2D eigenvalue weighted by Crippen LogP contribution is -1.93. The van der Waals surface area contributed by atoms with E-state index in [1.165, 1.54) is 5.56 Å². The minimum absolute atomic E-state index is 0.713. The molecule has 0 spiro atoms. The van der Waals surface area contributed by atoms with Crippen LogP contribution in [0.4, 0.5) is 0 Å². The van der Waals surface area contributed by atoms with Crippen LogP contribution < -0.4 is 0 Å². The smallest absolute Gasteiger partial charge is 0.0247 e. The minimum Gasteiger partial charge on any atom is -0.101 e. The molecule has 1 aromatic rings. The molecule has 0 nitrogen and oxygen atoms in total. The molecule has 0 heteroatoms. The summed E-state index contributed by atoms with van der Waals surface area (Å²) in [4.78, 5) is 0. The lowest BCUT2D eigenvalue weighted by atomic mass is 10.0. The summed E-state index contributed by atoms with van der Waals surface area (Å²) in [6, 6.07) is 8.48. The van der Waals surface area contributed by atoms with Crippen molar-refractivity contribution in [1.29, 1.82) is 0 Å². The van der Waals surface area contributed by atoms with Gasteiger partial charge in [-0.25, -0.2) is 0 Å². The summed E-state index contributed by atoms with van der Waals surface area (Å²) < 4.78 is 0. The predicted molar refractivity (Wildman–Crippen MR) is 57.5 cm³/mol. The van der Waals surface area contributed by atoms with E-state index in [0.717, 1.165) is 12.0 Å². The average molecular weight is 172 g/mol. The van der Waals surface area contributed by atoms with Gasteiger partial charge in [-0.05, 0) is 37.0 Å². The Morgan fingerprint density at radius 3 is 2.69 bits per heavy atom. The monoisotopic (exact) mass is 172 g/mol. The van der Waals surface area contributed by atoms with Crippen LogP contribution in [-0.4, -0.2) is 0 Å². The quantitative estimate of drug-likeness (QED) is 0.601. The molecule has 0 aliphatic carbocycles. The van der Waals surface area contributed by atoms with Gasteiger partial charge in [0.25, 0.3) is 0 Å². The molecule has 0 bridgehead atoms. The van der Waals surface area contributed by atoms with Gasteiger partial charge in [0, 0.05) is 5.56 Å². The molecule has 1 rings (SSSR count). The predicted octanol–water partition coefficient (Wildman–Crippen LogP) is 3.26. The van der Waals surface area contributed by atoms with Gasteiger partial charge in [0.1, 0.15) is 0 Å². The Morgan fingerprint density at radius 1 is 1.31 bits per heavy atom. The third-order valence-electron chi connectivity index (χ3n) is 1.84. The molecular formula is C13H16. The SMILES string of the molecule is CC#Cc1cccc(CC(C)C)c1. The molecule has 0 fully saturated rings. The van der Waals surface area contributed by atoms with E-state index in [0.29, 0.717) is 5.92 Å². The van der Waals surface area contributed by atoms with Gasteiger partial charge < -0.3 is 0 Å². The van der Waals surface area contributed by atoms with Gasteiger partial charge in [0.15, 0.2) is 0 Å². The summed E-state index contributed by atoms with van der Waals surface area (Å²) in [7, 11) is 0. The summed E-state index contributed by atoms with van der Waals surface area (Å²) in [5, 5.41) is 0. The molecule has 0 heterocycles. The Morgan fingerprint density at radius 2 is 2.08 bits per heavy atom. The summed E-state index contributed by atoms with van der Waals surface area (Å²) in [5.41, 5.74) is 2.51. The van der Waals surface area contributed by atoms with Gasteiger partial charge >= 0.3 is 0 Å². The standard InChI is InChI=1S/C13H16/c1-4-6-12-7-5-8-13(10-12)9-11(2)3/h5,7-8,10-11H,9H2,1-3H3. The second kappa shape index (κ2) is 4.72. The van der Waals surface area contributed by atoms with Crippen LogP contribution in [0.3, 0.4) is 0 Å². The Hall–Kier alpha value is -1.22. The van der Waals surface area contributed by atoms with E-state index in [1.54, 1.807) is 0 Å². The molecule has 0 amide bonds. The van der Waals surface area contributed by atoms with Gasteiger partial charge in [-0.2, -0.15) is 0 Å². The van der Waals surface area contributed by atoms with Gasteiger partial charge in [-0.3, -0.25) is 0 Å². The second-order valence-electron chi connectivity index (χ2n) is 3.67. The zero-order valence-electron chi connectivity index (χ0n) is 8.59. The first-order valence-electron chi connectivity index (χ1n) is 4.74. The molecule has 0 unspecified atom stereocenters. The summed E-state index contributed by atoms with van der Waals surface area (Å²) in [5.74, 6) is 6.70. The van der Waals surface area contributed by atoms with Crippen molar-refractivity contribution in [2.75, 3.05) is 0 Å². The van der Waals surface area contributed by atoms with Gasteiger partial charge in [0.2, 0.25) is 0 Å². The molecule has 0 atom stereocenters. The van der Waals surface area contributed by atoms with E-state index < -0.39 is 0 Å². The van der Waals surface area contributed by atoms with Crippen LogP contribution in [-0.2, 0) is 6.42 Å². The van der Waals surface area contributed by atoms with Crippen molar-refractivity contribution >= 4 is 0 Å². The number of rotatable bonds is 2. The summed E-state index contributed by atoms with van der Waals surface area (Å²) in [6.07, 6.45) is 1.14. The first-order chi connectivity index (χ1) is 6.22. The molecular weight excluding hydrogens is 156 g/mol. The van der Waals surface area contributed by atoms with Crippen molar-refractivity contribution in [1.82, 2.24) is 0 Å². The molecule has 1 aromatic carbocycles. The second-order valence-corrected chi connectivity index (χ2v) is 3.67. The Labute approximate surface area is 81.0 Å². The van der Waals surface area contributed by atoms with Crippen LogP contribution in [0.15, 0.2) is 24.3 Å². The van der Waals surface area contributed by atoms with Crippen molar-refractivity contribution < 1.29 is 0 Å². The van der Waals surface area contributed by atoms with Crippen LogP contribution in [0.25, 0.3) is 0 Å². The Kier molecular flexibility index (Phi) is 3.58. The normalized spacial score (nSPS) is 9.54. The zero-order valence-corrected chi connectivity index (χ0v) is 8.59. The van der Waals surface area contributed by atoms with E-state index in [-0.39, 0.29) is 0 Å². The van der Waals surface area contributed by atoms with E-state index in [9.17, 15) is 0 Å². The molecule has 0 N–H and O–H groups in total. The fraction of sp³-hybridized carbons (Fsp3) is 0.385. The molecule has 0 aliphatic rings. The maximum Gasteiger partial charge on any atom is 0.0247 e. The zero-order chi connectivity index (χ0) is 9.68. The third kappa shape index (κ3) is 3.34. The minimum atomic E-state index is 0.713. The first kappa shape index (κ1) is 9.86. The molecule has 0 saturated carbocycles. The highest BCUT2D eigenvalue weighted by Crippen LogP contribution is 2.09. The highest BCUT2D eigenvalue weighted by molar-refractivity contribution is 5.36. The van der Waals surface area contributed by atoms with Crippen molar-refractivity contribution in [3.05, 3.63) is 35.4 Å². The van der Waals surface area contributed by atoms with Crippen molar-refractivity contribution in [3.8, 4) is 11.8 Å². The maximum atomic E-state index is 3.07. The largest absolute Gasteiger partial charge is 0.101 e. The molecule has 0 saturated heterocycles. The summed E-state index contributed by atoms with van der Waals surface area (Å²) >= 11 is 0. The van der Waals surface area contributed by atoms with Crippen molar-refractivity contribution in [3.63, 3.8) is 0 Å².